The maximum absolute atomic E-state index is 12.3. The van der Waals surface area contributed by atoms with Crippen molar-refractivity contribution < 1.29 is 14.3 Å². The number of aromatic nitrogens is 1. The highest BCUT2D eigenvalue weighted by Gasteiger charge is 2.14. The Morgan fingerprint density at radius 3 is 2.54 bits per heavy atom. The molecule has 0 fully saturated rings. The van der Waals surface area contributed by atoms with Crippen molar-refractivity contribution in [2.75, 3.05) is 17.7 Å². The molecule has 0 aliphatic heterocycles. The number of hydrogen-bond donors (Lipinski definition) is 2. The fraction of sp³-hybridized carbons (Fsp3) is 0.0556. The lowest BCUT2D eigenvalue weighted by Gasteiger charge is -2.07. The minimum atomic E-state index is -0.400. The summed E-state index contributed by atoms with van der Waals surface area (Å²) in [6.07, 6.45) is 0. The average Bonchev–Trinajstić information content (AvgIpc) is 3.11. The number of halogens is 1. The Labute approximate surface area is 158 Å². The Balaban J connectivity index is 1.66. The van der Waals surface area contributed by atoms with Crippen molar-refractivity contribution in [3.63, 3.8) is 0 Å². The summed E-state index contributed by atoms with van der Waals surface area (Å²) >= 11 is 7.21. The molecule has 0 unspecified atom stereocenters. The Morgan fingerprint density at radius 2 is 1.85 bits per heavy atom. The molecule has 2 N–H and O–H groups in total. The molecular weight excluding hydrogens is 374 g/mol. The molecule has 6 nitrogen and oxygen atoms in total. The Bertz CT molecular complexity index is 944. The number of nitrogens with one attached hydrogen (secondary N) is 2. The maximum atomic E-state index is 12.3. The van der Waals surface area contributed by atoms with E-state index in [1.165, 1.54) is 18.4 Å². The van der Waals surface area contributed by atoms with Gasteiger partial charge in [0.2, 0.25) is 0 Å². The molecule has 0 aliphatic rings. The third-order valence-electron chi connectivity index (χ3n) is 3.40. The van der Waals surface area contributed by atoms with Crippen LogP contribution in [-0.4, -0.2) is 23.9 Å². The number of carbonyl (C=O) groups excluding carboxylic acids is 2. The van der Waals surface area contributed by atoms with Gasteiger partial charge in [0.15, 0.2) is 5.13 Å². The number of rotatable bonds is 5. The first-order valence-electron chi connectivity index (χ1n) is 7.53. The molecule has 3 rings (SSSR count). The molecule has 3 aromatic rings. The van der Waals surface area contributed by atoms with Crippen LogP contribution in [0.4, 0.5) is 10.8 Å². The van der Waals surface area contributed by atoms with Crippen LogP contribution in [-0.2, 0) is 0 Å². The molecule has 0 atom stereocenters. The van der Waals surface area contributed by atoms with Gasteiger partial charge in [-0.3, -0.25) is 14.9 Å². The largest absolute Gasteiger partial charge is 0.495 e. The fourth-order valence-corrected chi connectivity index (χ4v) is 3.08. The summed E-state index contributed by atoms with van der Waals surface area (Å²) in [5.41, 5.74) is 1.23. The lowest BCUT2D eigenvalue weighted by atomic mass is 10.2. The maximum Gasteiger partial charge on any atom is 0.275 e. The molecule has 0 spiro atoms. The van der Waals surface area contributed by atoms with Crippen LogP contribution in [0.2, 0.25) is 5.02 Å². The zero-order valence-electron chi connectivity index (χ0n) is 13.7. The quantitative estimate of drug-likeness (QED) is 0.683. The normalized spacial score (nSPS) is 10.2. The van der Waals surface area contributed by atoms with E-state index in [-0.39, 0.29) is 11.6 Å². The van der Waals surface area contributed by atoms with E-state index in [0.29, 0.717) is 27.2 Å². The van der Waals surface area contributed by atoms with Crippen LogP contribution >= 0.6 is 22.9 Å². The van der Waals surface area contributed by atoms with E-state index < -0.39 is 5.91 Å². The molecule has 0 bridgehead atoms. The van der Waals surface area contributed by atoms with Crippen molar-refractivity contribution in [1.82, 2.24) is 4.98 Å². The van der Waals surface area contributed by atoms with Crippen LogP contribution in [0.1, 0.15) is 20.8 Å². The Morgan fingerprint density at radius 1 is 1.08 bits per heavy atom. The first-order valence-corrected chi connectivity index (χ1v) is 8.79. The van der Waals surface area contributed by atoms with Gasteiger partial charge in [-0.2, -0.15) is 0 Å². The Hall–Kier alpha value is -2.90. The molecule has 0 saturated heterocycles. The number of thiazole rings is 1. The van der Waals surface area contributed by atoms with Crippen LogP contribution < -0.4 is 15.4 Å². The van der Waals surface area contributed by atoms with Gasteiger partial charge in [-0.25, -0.2) is 4.98 Å². The highest BCUT2D eigenvalue weighted by Crippen LogP contribution is 2.27. The minimum absolute atomic E-state index is 0.199. The number of carbonyl (C=O) groups is 2. The van der Waals surface area contributed by atoms with Crippen molar-refractivity contribution in [3.8, 4) is 5.75 Å². The molecule has 2 amide bonds. The van der Waals surface area contributed by atoms with Gasteiger partial charge in [0.05, 0.1) is 12.1 Å². The van der Waals surface area contributed by atoms with Gasteiger partial charge in [0.1, 0.15) is 11.4 Å². The monoisotopic (exact) mass is 387 g/mol. The van der Waals surface area contributed by atoms with Crippen LogP contribution in [0.25, 0.3) is 0 Å². The number of hydrogen-bond acceptors (Lipinski definition) is 5. The van der Waals surface area contributed by atoms with Gasteiger partial charge in [0, 0.05) is 16.6 Å². The van der Waals surface area contributed by atoms with E-state index in [1.807, 2.05) is 6.07 Å². The van der Waals surface area contributed by atoms with E-state index in [4.69, 9.17) is 16.3 Å². The number of amides is 2. The summed E-state index contributed by atoms with van der Waals surface area (Å²) < 4.78 is 5.07. The first kappa shape index (κ1) is 17.9. The summed E-state index contributed by atoms with van der Waals surface area (Å²) in [6, 6.07) is 13.7. The van der Waals surface area contributed by atoms with Gasteiger partial charge in [-0.1, -0.05) is 29.8 Å². The van der Waals surface area contributed by atoms with E-state index in [1.54, 1.807) is 47.8 Å². The third kappa shape index (κ3) is 4.19. The molecule has 0 aliphatic carbocycles. The molecule has 8 heteroatoms. The van der Waals surface area contributed by atoms with Crippen LogP contribution in [0, 0.1) is 0 Å². The zero-order valence-corrected chi connectivity index (χ0v) is 15.2. The molecule has 0 saturated carbocycles. The van der Waals surface area contributed by atoms with Gasteiger partial charge in [-0.05, 0) is 30.3 Å². The van der Waals surface area contributed by atoms with Crippen molar-refractivity contribution in [2.45, 2.75) is 0 Å². The lowest BCUT2D eigenvalue weighted by Crippen LogP contribution is -2.14. The second kappa shape index (κ2) is 7.99. The van der Waals surface area contributed by atoms with Crippen molar-refractivity contribution in [1.29, 1.82) is 0 Å². The second-order valence-corrected chi connectivity index (χ2v) is 6.43. The van der Waals surface area contributed by atoms with Gasteiger partial charge >= 0.3 is 0 Å². The van der Waals surface area contributed by atoms with Gasteiger partial charge < -0.3 is 10.1 Å². The topological polar surface area (TPSA) is 80.3 Å². The van der Waals surface area contributed by atoms with E-state index >= 15 is 0 Å². The third-order valence-corrected chi connectivity index (χ3v) is 4.46. The predicted octanol–water partition coefficient (Wildman–Crippen LogP) is 4.31. The smallest absolute Gasteiger partial charge is 0.275 e. The van der Waals surface area contributed by atoms with Crippen molar-refractivity contribution >= 4 is 45.6 Å². The van der Waals surface area contributed by atoms with Crippen LogP contribution in [0.15, 0.2) is 53.9 Å². The average molecular weight is 388 g/mol. The minimum Gasteiger partial charge on any atom is -0.495 e. The standard InChI is InChI=1S/C18H14ClN3O3S/c1-25-15-8-7-12(9-13(15)19)20-17(24)14-10-26-18(21-14)22-16(23)11-5-3-2-4-6-11/h2-10H,1H3,(H,20,24)(H,21,22,23). The van der Waals surface area contributed by atoms with Crippen molar-refractivity contribution in [3.05, 3.63) is 70.2 Å². The zero-order chi connectivity index (χ0) is 18.5. The van der Waals surface area contributed by atoms with Crippen LogP contribution in [0.3, 0.4) is 0 Å². The van der Waals surface area contributed by atoms with E-state index in [0.717, 1.165) is 0 Å². The molecule has 1 heterocycles. The highest BCUT2D eigenvalue weighted by molar-refractivity contribution is 7.14. The SMILES string of the molecule is COc1ccc(NC(=O)c2csc(NC(=O)c3ccccc3)n2)cc1Cl. The predicted molar refractivity (Wildman–Crippen MR) is 102 cm³/mol. The summed E-state index contributed by atoms with van der Waals surface area (Å²) in [4.78, 5) is 28.6. The van der Waals surface area contributed by atoms with Gasteiger partial charge in [-0.15, -0.1) is 11.3 Å². The second-order valence-electron chi connectivity index (χ2n) is 5.16. The first-order chi connectivity index (χ1) is 12.6. The summed E-state index contributed by atoms with van der Waals surface area (Å²) in [5.74, 6) is -0.166. The van der Waals surface area contributed by atoms with E-state index in [2.05, 4.69) is 15.6 Å². The molecule has 0 radical (unpaired) electrons. The summed E-state index contributed by atoms with van der Waals surface area (Å²) in [6.45, 7) is 0. The summed E-state index contributed by atoms with van der Waals surface area (Å²) in [7, 11) is 1.51. The summed E-state index contributed by atoms with van der Waals surface area (Å²) in [5, 5.41) is 7.68. The molecular formula is C18H14ClN3O3S. The highest BCUT2D eigenvalue weighted by atomic mass is 35.5. The molecule has 2 aromatic carbocycles. The van der Waals surface area contributed by atoms with E-state index in [9.17, 15) is 9.59 Å². The molecule has 132 valence electrons. The molecule has 1 aromatic heterocycles. The number of anilines is 2. The number of benzene rings is 2. The number of methoxy groups -OCH3 is 1. The lowest BCUT2D eigenvalue weighted by molar-refractivity contribution is 0.101. The number of nitrogens with zero attached hydrogens (tertiary/aromatic N) is 1. The molecule has 26 heavy (non-hydrogen) atoms. The van der Waals surface area contributed by atoms with Crippen LogP contribution in [0.5, 0.6) is 5.75 Å². The van der Waals surface area contributed by atoms with Gasteiger partial charge in [0.25, 0.3) is 11.8 Å². The van der Waals surface area contributed by atoms with Crippen molar-refractivity contribution in [2.24, 2.45) is 0 Å². The Kier molecular flexibility index (Phi) is 5.50. The number of ether oxygens (including phenoxy) is 1. The fourth-order valence-electron chi connectivity index (χ4n) is 2.13.